The maximum atomic E-state index is 13.1. The van der Waals surface area contributed by atoms with Crippen molar-refractivity contribution in [3.8, 4) is 0 Å². The van der Waals surface area contributed by atoms with Gasteiger partial charge in [0.15, 0.2) is 0 Å². The first kappa shape index (κ1) is 23.9. The molecule has 0 saturated heterocycles. The summed E-state index contributed by atoms with van der Waals surface area (Å²) in [6, 6.07) is 4.95. The monoisotopic (exact) mass is 496 g/mol. The molecule has 1 amide bonds. The third-order valence-electron chi connectivity index (χ3n) is 4.47. The number of hydrogen-bond acceptors (Lipinski definition) is 8. The highest BCUT2D eigenvalue weighted by molar-refractivity contribution is 7.93. The largest absolute Gasteiger partial charge is 0.378 e. The number of aryl methyl sites for hydroxylation is 3. The number of nitrogens with one attached hydrogen (secondary N) is 3. The Morgan fingerprint density at radius 2 is 2.03 bits per heavy atom. The fraction of sp³-hybridized carbons (Fsp3) is 0.250. The number of aromatic nitrogens is 1. The van der Waals surface area contributed by atoms with Gasteiger partial charge in [-0.15, -0.1) is 11.3 Å². The van der Waals surface area contributed by atoms with Crippen LogP contribution in [0.2, 0.25) is 5.02 Å². The van der Waals surface area contributed by atoms with Gasteiger partial charge in [0.2, 0.25) is 0 Å². The summed E-state index contributed by atoms with van der Waals surface area (Å²) in [5.74, 6) is -0.856. The van der Waals surface area contributed by atoms with E-state index in [0.29, 0.717) is 16.9 Å². The van der Waals surface area contributed by atoms with Gasteiger partial charge in [-0.25, -0.2) is 13.1 Å². The number of rotatable bonds is 8. The van der Waals surface area contributed by atoms with E-state index < -0.39 is 15.9 Å². The highest BCUT2D eigenvalue weighted by Gasteiger charge is 2.27. The van der Waals surface area contributed by atoms with Crippen molar-refractivity contribution < 1.29 is 22.5 Å². The topological polar surface area (TPSA) is 134 Å². The predicted octanol–water partition coefficient (Wildman–Crippen LogP) is 4.38. The second-order valence-corrected chi connectivity index (χ2v) is 9.95. The minimum absolute atomic E-state index is 0.0333. The SMILES string of the molecule is COCC(=N)c1cc(C)cc(C)c1NC(=O)c1sccc1S(=O)(=O)Nc1onc(C)c1Cl. The van der Waals surface area contributed by atoms with Gasteiger partial charge in [0.1, 0.15) is 20.5 Å². The minimum atomic E-state index is -4.18. The molecule has 0 saturated carbocycles. The van der Waals surface area contributed by atoms with E-state index in [-0.39, 0.29) is 33.0 Å². The molecule has 0 radical (unpaired) electrons. The normalized spacial score (nSPS) is 11.4. The summed E-state index contributed by atoms with van der Waals surface area (Å²) in [4.78, 5) is 12.8. The number of nitrogens with zero attached hydrogens (tertiary/aromatic N) is 1. The lowest BCUT2D eigenvalue weighted by atomic mass is 10.0. The van der Waals surface area contributed by atoms with Crippen LogP contribution in [0, 0.1) is 26.2 Å². The summed E-state index contributed by atoms with van der Waals surface area (Å²) in [6.45, 7) is 5.31. The molecule has 0 aliphatic heterocycles. The van der Waals surface area contributed by atoms with Gasteiger partial charge in [-0.05, 0) is 43.8 Å². The van der Waals surface area contributed by atoms with Crippen molar-refractivity contribution in [1.29, 1.82) is 5.41 Å². The van der Waals surface area contributed by atoms with E-state index in [1.807, 2.05) is 13.0 Å². The van der Waals surface area contributed by atoms with Gasteiger partial charge >= 0.3 is 0 Å². The lowest BCUT2D eigenvalue weighted by molar-refractivity contribution is 0.102. The van der Waals surface area contributed by atoms with E-state index in [0.717, 1.165) is 22.5 Å². The summed E-state index contributed by atoms with van der Waals surface area (Å²) in [6.07, 6.45) is 0. The molecule has 0 aliphatic carbocycles. The zero-order valence-corrected chi connectivity index (χ0v) is 20.1. The number of methoxy groups -OCH3 is 1. The lowest BCUT2D eigenvalue weighted by Crippen LogP contribution is -2.20. The Kier molecular flexibility index (Phi) is 7.03. The Hall–Kier alpha value is -2.73. The van der Waals surface area contributed by atoms with Crippen LogP contribution in [0.3, 0.4) is 0 Å². The molecular weight excluding hydrogens is 476 g/mol. The van der Waals surface area contributed by atoms with E-state index >= 15 is 0 Å². The molecule has 1 aromatic carbocycles. The quantitative estimate of drug-likeness (QED) is 0.396. The van der Waals surface area contributed by atoms with Gasteiger partial charge in [-0.3, -0.25) is 4.79 Å². The van der Waals surface area contributed by atoms with Gasteiger partial charge in [0.25, 0.3) is 21.8 Å². The molecule has 12 heteroatoms. The van der Waals surface area contributed by atoms with E-state index in [2.05, 4.69) is 15.2 Å². The summed E-state index contributed by atoms with van der Waals surface area (Å²) in [5, 5.41) is 16.2. The van der Waals surface area contributed by atoms with Crippen molar-refractivity contribution in [2.75, 3.05) is 23.8 Å². The highest BCUT2D eigenvalue weighted by atomic mass is 35.5. The predicted molar refractivity (Wildman–Crippen MR) is 124 cm³/mol. The Morgan fingerprint density at radius 3 is 2.66 bits per heavy atom. The fourth-order valence-electron chi connectivity index (χ4n) is 3.04. The van der Waals surface area contributed by atoms with Crippen molar-refractivity contribution in [3.63, 3.8) is 0 Å². The maximum Gasteiger partial charge on any atom is 0.267 e. The number of amides is 1. The van der Waals surface area contributed by atoms with Crippen molar-refractivity contribution >= 4 is 56.2 Å². The fourth-order valence-corrected chi connectivity index (χ4v) is 5.53. The molecule has 0 unspecified atom stereocenters. The zero-order chi connectivity index (χ0) is 23.6. The van der Waals surface area contributed by atoms with Crippen LogP contribution in [-0.4, -0.2) is 38.9 Å². The van der Waals surface area contributed by atoms with E-state index in [9.17, 15) is 13.2 Å². The molecule has 2 aromatic heterocycles. The summed E-state index contributed by atoms with van der Waals surface area (Å²) >= 11 is 6.97. The van der Waals surface area contributed by atoms with Crippen LogP contribution < -0.4 is 10.0 Å². The molecule has 3 N–H and O–H groups in total. The van der Waals surface area contributed by atoms with Gasteiger partial charge in [-0.1, -0.05) is 28.4 Å². The van der Waals surface area contributed by atoms with Crippen molar-refractivity contribution in [2.24, 2.45) is 0 Å². The van der Waals surface area contributed by atoms with Crippen molar-refractivity contribution in [1.82, 2.24) is 5.16 Å². The third kappa shape index (κ3) is 4.85. The standard InChI is InChI=1S/C20H21ClN4O5S2/c1-10-7-11(2)17(13(8-10)14(22)9-29-4)23-19(26)18-15(5-6-31-18)32(27,28)25-20-16(21)12(3)24-30-20/h5-8,22,25H,9H2,1-4H3,(H,23,26). The molecule has 9 nitrogen and oxygen atoms in total. The van der Waals surface area contributed by atoms with Crippen molar-refractivity contribution in [3.05, 3.63) is 55.9 Å². The molecular formula is C20H21ClN4O5S2. The van der Waals surface area contributed by atoms with Gasteiger partial charge in [0.05, 0.1) is 18.0 Å². The smallest absolute Gasteiger partial charge is 0.267 e. The average Bonchev–Trinajstić information content (AvgIpc) is 3.33. The molecule has 0 bridgehead atoms. The number of anilines is 2. The molecule has 0 fully saturated rings. The van der Waals surface area contributed by atoms with Crippen LogP contribution >= 0.6 is 22.9 Å². The number of carbonyl (C=O) groups is 1. The molecule has 32 heavy (non-hydrogen) atoms. The first-order chi connectivity index (χ1) is 15.0. The van der Waals surface area contributed by atoms with Crippen LogP contribution in [0.15, 0.2) is 33.0 Å². The van der Waals surface area contributed by atoms with Crippen LogP contribution in [0.4, 0.5) is 11.6 Å². The molecule has 170 valence electrons. The number of ether oxygens (including phenoxy) is 1. The second kappa shape index (κ2) is 9.41. The average molecular weight is 497 g/mol. The molecule has 3 rings (SSSR count). The first-order valence-corrected chi connectivity index (χ1v) is 12.0. The third-order valence-corrected chi connectivity index (χ3v) is 7.34. The minimum Gasteiger partial charge on any atom is -0.378 e. The van der Waals surface area contributed by atoms with E-state index in [1.165, 1.54) is 18.6 Å². The Bertz CT molecular complexity index is 1300. The summed E-state index contributed by atoms with van der Waals surface area (Å²) < 4.78 is 38.0. The summed E-state index contributed by atoms with van der Waals surface area (Å²) in [5.41, 5.74) is 3.08. The molecule has 0 spiro atoms. The van der Waals surface area contributed by atoms with Crippen LogP contribution in [0.1, 0.15) is 32.1 Å². The summed E-state index contributed by atoms with van der Waals surface area (Å²) in [7, 11) is -2.70. The maximum absolute atomic E-state index is 13.1. The Morgan fingerprint density at radius 1 is 1.31 bits per heavy atom. The molecule has 2 heterocycles. The van der Waals surface area contributed by atoms with Gasteiger partial charge in [-0.2, -0.15) is 0 Å². The molecule has 3 aromatic rings. The Balaban J connectivity index is 1.94. The van der Waals surface area contributed by atoms with Gasteiger partial charge in [0, 0.05) is 12.7 Å². The number of thiophene rings is 1. The van der Waals surface area contributed by atoms with Crippen LogP contribution in [0.5, 0.6) is 0 Å². The number of hydrogen-bond donors (Lipinski definition) is 3. The number of sulfonamides is 1. The van der Waals surface area contributed by atoms with Crippen LogP contribution in [0.25, 0.3) is 0 Å². The van der Waals surface area contributed by atoms with E-state index in [4.69, 9.17) is 26.3 Å². The molecule has 0 atom stereocenters. The zero-order valence-electron chi connectivity index (χ0n) is 17.7. The lowest BCUT2D eigenvalue weighted by Gasteiger charge is -2.16. The highest BCUT2D eigenvalue weighted by Crippen LogP contribution is 2.31. The first-order valence-electron chi connectivity index (χ1n) is 9.26. The van der Waals surface area contributed by atoms with Crippen molar-refractivity contribution in [2.45, 2.75) is 25.7 Å². The number of carbonyl (C=O) groups excluding carboxylic acids is 1. The number of benzene rings is 1. The van der Waals surface area contributed by atoms with E-state index in [1.54, 1.807) is 19.9 Å². The molecule has 0 aliphatic rings. The number of halogens is 1. The Labute approximate surface area is 194 Å². The van der Waals surface area contributed by atoms with Gasteiger partial charge < -0.3 is 20.0 Å². The second-order valence-electron chi connectivity index (χ2n) is 7.00. The van der Waals surface area contributed by atoms with Crippen LogP contribution in [-0.2, 0) is 14.8 Å².